The molecule has 0 saturated heterocycles. The molecule has 0 fully saturated rings. The molecular formula is C36H42N6O6. The van der Waals surface area contributed by atoms with Gasteiger partial charge in [-0.2, -0.15) is 0 Å². The Bertz CT molecular complexity index is 2140. The van der Waals surface area contributed by atoms with Gasteiger partial charge in [0.15, 0.2) is 0 Å². The lowest BCUT2D eigenvalue weighted by Crippen LogP contribution is -2.32. The molecule has 0 saturated carbocycles. The van der Waals surface area contributed by atoms with Crippen LogP contribution in [0.3, 0.4) is 0 Å². The molecule has 3 aromatic heterocycles. The van der Waals surface area contributed by atoms with E-state index in [2.05, 4.69) is 49.0 Å². The van der Waals surface area contributed by atoms with Gasteiger partial charge in [0.25, 0.3) is 5.69 Å². The van der Waals surface area contributed by atoms with Gasteiger partial charge in [0, 0.05) is 64.0 Å². The minimum absolute atomic E-state index is 0.0289. The minimum atomic E-state index is -1.13. The zero-order valence-corrected chi connectivity index (χ0v) is 28.0. The number of non-ortho nitro benzene ring substituents is 1. The number of nitro groups is 1. The third kappa shape index (κ3) is 7.40. The predicted molar refractivity (Wildman–Crippen MR) is 188 cm³/mol. The highest BCUT2D eigenvalue weighted by atomic mass is 16.6. The Morgan fingerprint density at radius 2 is 1.25 bits per heavy atom. The molecule has 6 rings (SSSR count). The Kier molecular flexibility index (Phi) is 10.7. The third-order valence-electron chi connectivity index (χ3n) is 8.48. The van der Waals surface area contributed by atoms with Crippen molar-refractivity contribution in [2.75, 3.05) is 0 Å². The van der Waals surface area contributed by atoms with Crippen molar-refractivity contribution in [3.8, 4) is 0 Å². The average Bonchev–Trinajstić information content (AvgIpc) is 3.67. The Hall–Kier alpha value is -5.46. The summed E-state index contributed by atoms with van der Waals surface area (Å²) >= 11 is 0. The summed E-state index contributed by atoms with van der Waals surface area (Å²) in [6.07, 6.45) is 6.17. The maximum absolute atomic E-state index is 11.2. The fourth-order valence-corrected chi connectivity index (χ4v) is 6.26. The van der Waals surface area contributed by atoms with Gasteiger partial charge < -0.3 is 35.4 Å². The van der Waals surface area contributed by atoms with Crippen LogP contribution in [-0.2, 0) is 43.6 Å². The van der Waals surface area contributed by atoms with Gasteiger partial charge in [0.1, 0.15) is 12.1 Å². The number of fused-ring (bicyclic) bond motifs is 3. The Morgan fingerprint density at radius 1 is 0.729 bits per heavy atom. The van der Waals surface area contributed by atoms with Crippen molar-refractivity contribution in [2.24, 2.45) is 32.6 Å². The van der Waals surface area contributed by atoms with E-state index in [1.165, 1.54) is 28.1 Å². The number of nitro benzene ring substituents is 1. The summed E-state index contributed by atoms with van der Waals surface area (Å²) in [7, 11) is 5.81. The van der Waals surface area contributed by atoms with Crippen LogP contribution in [0.5, 0.6) is 0 Å². The molecule has 3 aromatic carbocycles. The Labute approximate surface area is 277 Å². The maximum atomic E-state index is 11.2. The molecule has 0 bridgehead atoms. The highest BCUT2D eigenvalue weighted by molar-refractivity contribution is 5.95. The quantitative estimate of drug-likeness (QED) is 0.132. The highest BCUT2D eigenvalue weighted by Crippen LogP contribution is 2.33. The van der Waals surface area contributed by atoms with Gasteiger partial charge >= 0.3 is 11.9 Å². The molecule has 0 aliphatic carbocycles. The highest BCUT2D eigenvalue weighted by Gasteiger charge is 2.23. The number of carboxylic acids is 2. The summed E-state index contributed by atoms with van der Waals surface area (Å²) in [4.78, 5) is 32.3. The van der Waals surface area contributed by atoms with E-state index in [0.717, 1.165) is 27.5 Å². The minimum Gasteiger partial charge on any atom is -0.480 e. The summed E-state index contributed by atoms with van der Waals surface area (Å²) in [5.74, 6) is -2.09. The number of aryl methyl sites for hydroxylation is 6. The van der Waals surface area contributed by atoms with E-state index in [1.54, 1.807) is 23.9 Å². The Balaban J connectivity index is 0.000000169. The number of aliphatic carboxylic acids is 2. The first-order valence-electron chi connectivity index (χ1n) is 15.3. The zero-order valence-electron chi connectivity index (χ0n) is 28.0. The monoisotopic (exact) mass is 654 g/mol. The second kappa shape index (κ2) is 14.5. The van der Waals surface area contributed by atoms with Crippen molar-refractivity contribution in [2.45, 2.75) is 45.7 Å². The topological polar surface area (TPSA) is 185 Å². The fourth-order valence-electron chi connectivity index (χ4n) is 6.26. The van der Waals surface area contributed by atoms with Gasteiger partial charge in [0.2, 0.25) is 0 Å². The van der Waals surface area contributed by atoms with Crippen molar-refractivity contribution in [3.63, 3.8) is 0 Å². The lowest BCUT2D eigenvalue weighted by molar-refractivity contribution is -0.383. The molecule has 3 heterocycles. The summed E-state index contributed by atoms with van der Waals surface area (Å²) in [5.41, 5.74) is 19.3. The van der Waals surface area contributed by atoms with Crippen molar-refractivity contribution < 1.29 is 24.7 Å². The SMILES string of the molecule is Cc1ccc([N+](=O)[O-])c2c(CC(N)C(=O)O)cn(C)c12.Cc1cccc2c(CC(N)C(=O)O)cn(C)c12.Cc1cccc2ccn(C)c12. The van der Waals surface area contributed by atoms with E-state index in [4.69, 9.17) is 21.7 Å². The molecular weight excluding hydrogens is 612 g/mol. The number of para-hydroxylation sites is 2. The molecule has 0 amide bonds. The van der Waals surface area contributed by atoms with Crippen molar-refractivity contribution in [1.82, 2.24) is 13.7 Å². The largest absolute Gasteiger partial charge is 0.480 e. The number of aromatic nitrogens is 3. The molecule has 6 N–H and O–H groups in total. The summed E-state index contributed by atoms with van der Waals surface area (Å²) in [6.45, 7) is 6.04. The molecule has 0 aliphatic rings. The van der Waals surface area contributed by atoms with Crippen LogP contribution in [0.1, 0.15) is 27.8 Å². The van der Waals surface area contributed by atoms with Crippen LogP contribution in [0.15, 0.2) is 73.2 Å². The summed E-state index contributed by atoms with van der Waals surface area (Å²) < 4.78 is 5.95. The predicted octanol–water partition coefficient (Wildman–Crippen LogP) is 5.28. The fraction of sp³-hybridized carbons (Fsp3) is 0.278. The van der Waals surface area contributed by atoms with Crippen LogP contribution < -0.4 is 11.5 Å². The zero-order chi connectivity index (χ0) is 35.4. The van der Waals surface area contributed by atoms with Crippen LogP contribution in [-0.4, -0.2) is 52.9 Å². The second-order valence-corrected chi connectivity index (χ2v) is 12.1. The van der Waals surface area contributed by atoms with Gasteiger partial charge in [-0.3, -0.25) is 19.7 Å². The molecule has 0 aliphatic heterocycles. The van der Waals surface area contributed by atoms with Crippen LogP contribution in [0.25, 0.3) is 32.7 Å². The maximum Gasteiger partial charge on any atom is 0.320 e. The first-order chi connectivity index (χ1) is 22.6. The van der Waals surface area contributed by atoms with Gasteiger partial charge in [-0.15, -0.1) is 0 Å². The van der Waals surface area contributed by atoms with E-state index in [0.29, 0.717) is 17.4 Å². The number of rotatable bonds is 7. The normalized spacial score (nSPS) is 12.2. The molecule has 12 heteroatoms. The number of hydrogen-bond donors (Lipinski definition) is 4. The van der Waals surface area contributed by atoms with Gasteiger partial charge in [-0.05, 0) is 60.0 Å². The standard InChI is InChI=1S/C13H15N3O4.C13H16N2O2.C10H11N/c1-7-3-4-10(16(19)20)11-8(5-9(14)13(17)18)6-15(2)12(7)11;1-8-4-3-5-10-9(6-11(14)13(16)17)7-15(2)12(8)10;1-8-4-3-5-9-6-7-11(2)10(8)9/h3-4,6,9H,5,14H2,1-2H3,(H,17,18);3-5,7,11H,6,14H2,1-2H3,(H,16,17);3-7H,1-2H3. The summed E-state index contributed by atoms with van der Waals surface area (Å²) in [6, 6.07) is 15.7. The number of carboxylic acid groups (broad SMARTS) is 2. The van der Waals surface area contributed by atoms with E-state index in [-0.39, 0.29) is 12.1 Å². The third-order valence-corrected chi connectivity index (χ3v) is 8.48. The van der Waals surface area contributed by atoms with Crippen LogP contribution in [0.2, 0.25) is 0 Å². The van der Waals surface area contributed by atoms with Crippen molar-refractivity contribution >= 4 is 50.3 Å². The lowest BCUT2D eigenvalue weighted by atomic mass is 10.0. The van der Waals surface area contributed by atoms with Crippen molar-refractivity contribution in [1.29, 1.82) is 0 Å². The number of nitrogens with two attached hydrogens (primary N) is 2. The number of carbonyl (C=O) groups is 2. The van der Waals surface area contributed by atoms with E-state index < -0.39 is 28.9 Å². The van der Waals surface area contributed by atoms with Gasteiger partial charge in [-0.25, -0.2) is 0 Å². The molecule has 2 unspecified atom stereocenters. The molecule has 6 aromatic rings. The Morgan fingerprint density at radius 3 is 1.83 bits per heavy atom. The number of benzene rings is 3. The first-order valence-corrected chi connectivity index (χ1v) is 15.3. The van der Waals surface area contributed by atoms with Crippen molar-refractivity contribution in [3.05, 3.63) is 111 Å². The molecule has 0 radical (unpaired) electrons. The molecule has 0 spiro atoms. The van der Waals surface area contributed by atoms with Crippen LogP contribution in [0.4, 0.5) is 5.69 Å². The number of hydrogen-bond acceptors (Lipinski definition) is 6. The van der Waals surface area contributed by atoms with E-state index >= 15 is 0 Å². The lowest BCUT2D eigenvalue weighted by Gasteiger charge is -2.05. The second-order valence-electron chi connectivity index (χ2n) is 12.1. The van der Waals surface area contributed by atoms with E-state index in [9.17, 15) is 19.7 Å². The number of nitrogens with zero attached hydrogens (tertiary/aromatic N) is 4. The van der Waals surface area contributed by atoms with E-state index in [1.807, 2.05) is 49.9 Å². The van der Waals surface area contributed by atoms with Gasteiger partial charge in [0.05, 0.1) is 26.9 Å². The molecule has 12 nitrogen and oxygen atoms in total. The smallest absolute Gasteiger partial charge is 0.320 e. The van der Waals surface area contributed by atoms with Gasteiger partial charge in [-0.1, -0.05) is 42.5 Å². The van der Waals surface area contributed by atoms with Crippen LogP contribution in [0, 0.1) is 30.9 Å². The average molecular weight is 655 g/mol. The molecule has 48 heavy (non-hydrogen) atoms. The molecule has 252 valence electrons. The first kappa shape index (κ1) is 35.4. The molecule has 2 atom stereocenters. The summed E-state index contributed by atoms with van der Waals surface area (Å²) in [5, 5.41) is 31.8. The van der Waals surface area contributed by atoms with Crippen LogP contribution >= 0.6 is 0 Å².